The summed E-state index contributed by atoms with van der Waals surface area (Å²) in [6.45, 7) is 0. The van der Waals surface area contributed by atoms with Crippen LogP contribution in [0.2, 0.25) is 10.0 Å². The molecule has 0 atom stereocenters. The van der Waals surface area contributed by atoms with Crippen LogP contribution >= 0.6 is 46.7 Å². The molecule has 4 aromatic rings. The van der Waals surface area contributed by atoms with Gasteiger partial charge >= 0.3 is 0 Å². The average Bonchev–Trinajstić information content (AvgIpc) is 3.70. The first kappa shape index (κ1) is 29.2. The van der Waals surface area contributed by atoms with Gasteiger partial charge in [-0.3, -0.25) is 19.6 Å². The molecule has 46 heavy (non-hydrogen) atoms. The van der Waals surface area contributed by atoms with E-state index in [1.54, 1.807) is 22.8 Å². The van der Waals surface area contributed by atoms with Gasteiger partial charge < -0.3 is 0 Å². The largest absolute Gasteiger partial charge is 0.272 e. The Balaban J connectivity index is 1.03. The van der Waals surface area contributed by atoms with Gasteiger partial charge in [0.15, 0.2) is 10.0 Å². The molecule has 2 heterocycles. The maximum atomic E-state index is 13.7. The molecule has 1 aromatic heterocycles. The maximum absolute atomic E-state index is 13.7. The highest BCUT2D eigenvalue weighted by atomic mass is 35.5. The van der Waals surface area contributed by atoms with E-state index in [4.69, 9.17) is 28.3 Å². The van der Waals surface area contributed by atoms with E-state index in [9.17, 15) is 9.59 Å². The fourth-order valence-electron chi connectivity index (χ4n) is 9.44. The van der Waals surface area contributed by atoms with Crippen molar-refractivity contribution >= 4 is 58.5 Å². The molecule has 4 bridgehead atoms. The minimum Gasteiger partial charge on any atom is -0.272 e. The lowest BCUT2D eigenvalue weighted by Gasteiger charge is -2.56. The first-order valence-electron chi connectivity index (χ1n) is 15.8. The second kappa shape index (κ2) is 10.8. The standard InChI is InChI=1S/C35H31Cl2N5O2S2/c36-23-9-10-29(28(37)14-23)41-32(34-15-20-11-21(16-34)13-22(12-20)17-34)38-39-33(41)45-18-30(43)40-42-31(44)19-46-35(42)26-7-3-1-5-24(26)25-6-2-4-8-27(25)35/h1-10,14,20-22H,11-13,15-19H2,(H,40,43). The van der Waals surface area contributed by atoms with E-state index >= 15 is 0 Å². The predicted molar refractivity (Wildman–Crippen MR) is 182 cm³/mol. The van der Waals surface area contributed by atoms with Crippen molar-refractivity contribution in [2.24, 2.45) is 17.8 Å². The normalized spacial score (nSPS) is 26.5. The zero-order chi connectivity index (χ0) is 31.2. The molecule has 4 saturated carbocycles. The lowest BCUT2D eigenvalue weighted by atomic mass is 9.49. The van der Waals surface area contributed by atoms with Gasteiger partial charge in [-0.25, -0.2) is 5.01 Å². The Labute approximate surface area is 285 Å². The lowest BCUT2D eigenvalue weighted by Crippen LogP contribution is -2.53. The molecule has 3 aromatic carbocycles. The number of aromatic nitrogens is 3. The first-order chi connectivity index (χ1) is 22.3. The van der Waals surface area contributed by atoms with Gasteiger partial charge in [-0.2, -0.15) is 0 Å². The number of nitrogens with zero attached hydrogens (tertiary/aromatic N) is 4. The van der Waals surface area contributed by atoms with Crippen LogP contribution in [-0.4, -0.2) is 43.1 Å². The molecule has 11 heteroatoms. The number of rotatable bonds is 6. The van der Waals surface area contributed by atoms with E-state index in [0.29, 0.717) is 15.2 Å². The van der Waals surface area contributed by atoms with E-state index in [1.165, 1.54) is 31.0 Å². The molecule has 1 saturated heterocycles. The van der Waals surface area contributed by atoms with Crippen molar-refractivity contribution in [2.45, 2.75) is 54.0 Å². The molecule has 0 radical (unpaired) electrons. The number of carbonyl (C=O) groups excluding carboxylic acids is 2. The monoisotopic (exact) mass is 687 g/mol. The number of halogens is 2. The number of thioether (sulfide) groups is 2. The van der Waals surface area contributed by atoms with Crippen molar-refractivity contribution in [2.75, 3.05) is 11.5 Å². The van der Waals surface area contributed by atoms with Crippen molar-refractivity contribution in [1.82, 2.24) is 25.2 Å². The van der Waals surface area contributed by atoms with Crippen LogP contribution in [-0.2, 0) is 19.9 Å². The van der Waals surface area contributed by atoms with Crippen LogP contribution in [0.25, 0.3) is 16.8 Å². The summed E-state index contributed by atoms with van der Waals surface area (Å²) in [4.78, 5) is 26.3. The third kappa shape index (κ3) is 4.34. The molecule has 5 fully saturated rings. The highest BCUT2D eigenvalue weighted by molar-refractivity contribution is 8.01. The zero-order valence-electron chi connectivity index (χ0n) is 24.9. The summed E-state index contributed by atoms with van der Waals surface area (Å²) in [7, 11) is 0. The average molecular weight is 689 g/mol. The zero-order valence-corrected chi connectivity index (χ0v) is 28.1. The van der Waals surface area contributed by atoms with Gasteiger partial charge in [0.05, 0.1) is 22.2 Å². The first-order valence-corrected chi connectivity index (χ1v) is 18.6. The Kier molecular flexibility index (Phi) is 6.83. The van der Waals surface area contributed by atoms with Crippen molar-refractivity contribution in [3.63, 3.8) is 0 Å². The van der Waals surface area contributed by atoms with Crippen LogP contribution in [0.15, 0.2) is 71.9 Å². The topological polar surface area (TPSA) is 80.1 Å². The van der Waals surface area contributed by atoms with E-state index in [2.05, 4.69) is 39.4 Å². The number of fused-ring (bicyclic) bond motifs is 5. The maximum Gasteiger partial charge on any atom is 0.253 e. The predicted octanol–water partition coefficient (Wildman–Crippen LogP) is 7.62. The second-order valence-corrected chi connectivity index (χ2v) is 16.5. The van der Waals surface area contributed by atoms with E-state index in [1.807, 2.05) is 36.4 Å². The van der Waals surface area contributed by atoms with Crippen LogP contribution in [0.3, 0.4) is 0 Å². The Morgan fingerprint density at radius 1 is 0.913 bits per heavy atom. The van der Waals surface area contributed by atoms with Gasteiger partial charge in [-0.1, -0.05) is 83.5 Å². The number of hydrogen-bond acceptors (Lipinski definition) is 6. The fraction of sp³-hybridized carbons (Fsp3) is 0.371. The van der Waals surface area contributed by atoms with Crippen molar-refractivity contribution < 1.29 is 9.59 Å². The molecule has 1 aliphatic heterocycles. The summed E-state index contributed by atoms with van der Waals surface area (Å²) in [6.07, 6.45) is 7.32. The number of amides is 2. The quantitative estimate of drug-likeness (QED) is 0.210. The third-order valence-electron chi connectivity index (χ3n) is 10.7. The Morgan fingerprint density at radius 3 is 2.17 bits per heavy atom. The van der Waals surface area contributed by atoms with Gasteiger partial charge in [0.2, 0.25) is 5.91 Å². The van der Waals surface area contributed by atoms with Crippen molar-refractivity contribution in [1.29, 1.82) is 0 Å². The summed E-state index contributed by atoms with van der Waals surface area (Å²) in [5, 5.41) is 12.8. The SMILES string of the molecule is O=C(CSc1nnc(C23CC4CC(CC(C4)C2)C3)n1-c1ccc(Cl)cc1Cl)NN1C(=O)CSC12c1ccccc1-c1ccccc12. The number of hydrogen-bond donors (Lipinski definition) is 1. The van der Waals surface area contributed by atoms with Gasteiger partial charge in [0.1, 0.15) is 5.82 Å². The molecular weight excluding hydrogens is 657 g/mol. The van der Waals surface area contributed by atoms with E-state index in [-0.39, 0.29) is 28.7 Å². The molecule has 1 N–H and O–H groups in total. The highest BCUT2D eigenvalue weighted by Crippen LogP contribution is 2.61. The summed E-state index contributed by atoms with van der Waals surface area (Å²) in [5.41, 5.74) is 7.93. The number of nitrogens with one attached hydrogen (secondary N) is 1. The highest BCUT2D eigenvalue weighted by Gasteiger charge is 2.56. The van der Waals surface area contributed by atoms with E-state index < -0.39 is 4.87 Å². The molecule has 1 spiro atoms. The minimum atomic E-state index is -0.812. The molecular formula is C35H31Cl2N5O2S2. The Morgan fingerprint density at radius 2 is 1.54 bits per heavy atom. The Hall–Kier alpha value is -2.98. The van der Waals surface area contributed by atoms with Crippen LogP contribution in [0.4, 0.5) is 0 Å². The molecule has 10 rings (SSSR count). The molecule has 6 aliphatic rings. The fourth-order valence-corrected chi connectivity index (χ4v) is 12.1. The van der Waals surface area contributed by atoms with E-state index in [0.717, 1.165) is 70.8 Å². The molecule has 0 unspecified atom stereocenters. The number of carbonyl (C=O) groups is 2. The summed E-state index contributed by atoms with van der Waals surface area (Å²) in [6, 6.07) is 21.8. The third-order valence-corrected chi connectivity index (χ3v) is 13.6. The molecule has 5 aliphatic carbocycles. The minimum absolute atomic E-state index is 0.0411. The van der Waals surface area contributed by atoms with Gasteiger partial charge in [-0.05, 0) is 85.6 Å². The lowest BCUT2D eigenvalue weighted by molar-refractivity contribution is -0.140. The molecule has 2 amide bonds. The molecule has 234 valence electrons. The van der Waals surface area contributed by atoms with Gasteiger partial charge in [-0.15, -0.1) is 22.0 Å². The summed E-state index contributed by atoms with van der Waals surface area (Å²) >= 11 is 16.0. The molecule has 7 nitrogen and oxygen atoms in total. The van der Waals surface area contributed by atoms with Crippen LogP contribution in [0.1, 0.15) is 55.5 Å². The van der Waals surface area contributed by atoms with Crippen molar-refractivity contribution in [3.8, 4) is 16.8 Å². The van der Waals surface area contributed by atoms with Gasteiger partial charge in [0.25, 0.3) is 5.91 Å². The van der Waals surface area contributed by atoms with Crippen LogP contribution < -0.4 is 5.43 Å². The van der Waals surface area contributed by atoms with Crippen molar-refractivity contribution in [3.05, 3.63) is 93.7 Å². The van der Waals surface area contributed by atoms with Gasteiger partial charge in [0, 0.05) is 21.6 Å². The second-order valence-electron chi connectivity index (χ2n) is 13.5. The number of benzene rings is 3. The smallest absolute Gasteiger partial charge is 0.253 e. The summed E-state index contributed by atoms with van der Waals surface area (Å²) < 4.78 is 2.07. The Bertz CT molecular complexity index is 1850. The van der Waals surface area contributed by atoms with Crippen LogP contribution in [0, 0.1) is 17.8 Å². The number of hydrazine groups is 1. The van der Waals surface area contributed by atoms with Crippen LogP contribution in [0.5, 0.6) is 0 Å². The summed E-state index contributed by atoms with van der Waals surface area (Å²) in [5.74, 6) is 3.05.